The molecular formula is C29H27N5O4S. The number of carbonyl (C=O) groups excluding carboxylic acids is 3. The Hall–Kier alpha value is -4.44. The van der Waals surface area contributed by atoms with Gasteiger partial charge in [0.1, 0.15) is 12.4 Å². The molecular weight excluding hydrogens is 514 g/mol. The first-order valence-corrected chi connectivity index (χ1v) is 13.2. The highest BCUT2D eigenvalue weighted by Gasteiger charge is 2.36. The summed E-state index contributed by atoms with van der Waals surface area (Å²) in [5.74, 6) is -0.476. The summed E-state index contributed by atoms with van der Waals surface area (Å²) in [5, 5.41) is 2.76. The van der Waals surface area contributed by atoms with Crippen LogP contribution in [0.5, 0.6) is 0 Å². The SMILES string of the molecule is Cc1ccc(NC(=O)CN2C(=O)SC(=Cc3cc(C)n(-n4c(C)nc5ccccc5c4=O)c3C)C2=O)c(C)c1. The van der Waals surface area contributed by atoms with Crippen LogP contribution in [0.15, 0.2) is 58.2 Å². The third kappa shape index (κ3) is 4.79. The van der Waals surface area contributed by atoms with Crippen molar-refractivity contribution in [3.63, 3.8) is 0 Å². The number of thioether (sulfide) groups is 1. The van der Waals surface area contributed by atoms with Crippen molar-refractivity contribution < 1.29 is 14.4 Å². The van der Waals surface area contributed by atoms with Gasteiger partial charge in [0.25, 0.3) is 16.7 Å². The fourth-order valence-electron chi connectivity index (χ4n) is 4.77. The molecule has 9 nitrogen and oxygen atoms in total. The molecule has 39 heavy (non-hydrogen) atoms. The molecule has 2 aromatic heterocycles. The summed E-state index contributed by atoms with van der Waals surface area (Å²) in [6, 6.07) is 14.6. The first-order valence-electron chi connectivity index (χ1n) is 12.4. The third-order valence-corrected chi connectivity index (χ3v) is 7.57. The van der Waals surface area contributed by atoms with Gasteiger partial charge in [0.15, 0.2) is 0 Å². The molecule has 198 valence electrons. The quantitative estimate of drug-likeness (QED) is 0.366. The van der Waals surface area contributed by atoms with Crippen LogP contribution in [0.4, 0.5) is 10.5 Å². The van der Waals surface area contributed by atoms with Crippen molar-refractivity contribution in [1.29, 1.82) is 0 Å². The second kappa shape index (κ2) is 10.0. The van der Waals surface area contributed by atoms with E-state index in [-0.39, 0.29) is 17.0 Å². The van der Waals surface area contributed by atoms with Gasteiger partial charge in [-0.05, 0) is 87.8 Å². The molecule has 0 saturated carbocycles. The smallest absolute Gasteiger partial charge is 0.294 e. The van der Waals surface area contributed by atoms with Crippen LogP contribution in [0.2, 0.25) is 0 Å². The Kier molecular flexibility index (Phi) is 6.73. The number of hydrogen-bond donors (Lipinski definition) is 1. The number of fused-ring (bicyclic) bond motifs is 1. The van der Waals surface area contributed by atoms with Gasteiger partial charge in [-0.1, -0.05) is 29.8 Å². The molecule has 3 heterocycles. The number of benzene rings is 2. The minimum absolute atomic E-state index is 0.207. The molecule has 2 aromatic carbocycles. The highest BCUT2D eigenvalue weighted by molar-refractivity contribution is 8.18. The van der Waals surface area contributed by atoms with Gasteiger partial charge in [-0.3, -0.25) is 28.8 Å². The molecule has 0 radical (unpaired) electrons. The van der Waals surface area contributed by atoms with Crippen molar-refractivity contribution in [1.82, 2.24) is 19.2 Å². The molecule has 10 heteroatoms. The van der Waals surface area contributed by atoms with E-state index < -0.39 is 17.1 Å². The second-order valence-corrected chi connectivity index (χ2v) is 10.6. The van der Waals surface area contributed by atoms with Crippen LogP contribution in [0, 0.1) is 34.6 Å². The standard InChI is InChI=1S/C29H27N5O4S/c1-16-10-11-23(17(2)12-16)31-26(35)15-32-28(37)25(39-29(32)38)14-21-13-18(3)33(19(21)4)34-20(5)30-24-9-7-6-8-22(24)27(34)36/h6-14H,15H2,1-5H3,(H,31,35). The molecule has 0 atom stereocenters. The van der Waals surface area contributed by atoms with E-state index in [9.17, 15) is 19.2 Å². The van der Waals surface area contributed by atoms with Crippen molar-refractivity contribution in [2.75, 3.05) is 11.9 Å². The summed E-state index contributed by atoms with van der Waals surface area (Å²) in [4.78, 5) is 57.5. The van der Waals surface area contributed by atoms with Crippen LogP contribution < -0.4 is 10.9 Å². The Morgan fingerprint density at radius 3 is 2.46 bits per heavy atom. The number of nitrogens with zero attached hydrogens (tertiary/aromatic N) is 4. The van der Waals surface area contributed by atoms with Crippen LogP contribution in [0.1, 0.15) is 33.9 Å². The molecule has 5 rings (SSSR count). The fraction of sp³-hybridized carbons (Fsp3) is 0.207. The van der Waals surface area contributed by atoms with Gasteiger partial charge in [0, 0.05) is 17.1 Å². The van der Waals surface area contributed by atoms with E-state index in [1.165, 1.54) is 4.68 Å². The minimum Gasteiger partial charge on any atom is -0.324 e. The number of aromatic nitrogens is 3. The van der Waals surface area contributed by atoms with Gasteiger partial charge >= 0.3 is 0 Å². The monoisotopic (exact) mass is 541 g/mol. The molecule has 1 aliphatic rings. The average Bonchev–Trinajstić information content (AvgIpc) is 3.30. The second-order valence-electron chi connectivity index (χ2n) is 9.57. The minimum atomic E-state index is -0.536. The van der Waals surface area contributed by atoms with Crippen molar-refractivity contribution in [3.05, 3.63) is 97.7 Å². The zero-order chi connectivity index (χ0) is 28.0. The number of aryl methyl sites for hydroxylation is 4. The number of hydrogen-bond acceptors (Lipinski definition) is 6. The summed E-state index contributed by atoms with van der Waals surface area (Å²) in [7, 11) is 0. The molecule has 1 aliphatic heterocycles. The average molecular weight is 542 g/mol. The van der Waals surface area contributed by atoms with Crippen molar-refractivity contribution in [3.8, 4) is 0 Å². The summed E-state index contributed by atoms with van der Waals surface area (Å²) >= 11 is 0.786. The lowest BCUT2D eigenvalue weighted by atomic mass is 10.1. The summed E-state index contributed by atoms with van der Waals surface area (Å²) in [6.07, 6.45) is 1.63. The van der Waals surface area contributed by atoms with E-state index >= 15 is 0 Å². The fourth-order valence-corrected chi connectivity index (χ4v) is 5.60. The lowest BCUT2D eigenvalue weighted by Gasteiger charge is -2.16. The van der Waals surface area contributed by atoms with E-state index in [1.807, 2.05) is 52.0 Å². The first kappa shape index (κ1) is 26.2. The summed E-state index contributed by atoms with van der Waals surface area (Å²) < 4.78 is 3.26. The molecule has 1 saturated heterocycles. The Labute approximate surface area is 229 Å². The maximum Gasteiger partial charge on any atom is 0.294 e. The molecule has 3 amide bonds. The first-order chi connectivity index (χ1) is 18.5. The lowest BCUT2D eigenvalue weighted by Crippen LogP contribution is -2.36. The van der Waals surface area contributed by atoms with Gasteiger partial charge in [0.05, 0.1) is 15.8 Å². The Balaban J connectivity index is 1.42. The highest BCUT2D eigenvalue weighted by atomic mass is 32.2. The van der Waals surface area contributed by atoms with Crippen molar-refractivity contribution >= 4 is 51.5 Å². The highest BCUT2D eigenvalue weighted by Crippen LogP contribution is 2.33. The van der Waals surface area contributed by atoms with Gasteiger partial charge in [-0.15, -0.1) is 0 Å². The number of nitrogens with one attached hydrogen (secondary N) is 1. The largest absolute Gasteiger partial charge is 0.324 e. The van der Waals surface area contributed by atoms with Gasteiger partial charge < -0.3 is 5.32 Å². The Morgan fingerprint density at radius 1 is 0.974 bits per heavy atom. The normalized spacial score (nSPS) is 14.6. The number of carbonyl (C=O) groups is 3. The zero-order valence-electron chi connectivity index (χ0n) is 22.2. The number of rotatable bonds is 5. The molecule has 0 spiro atoms. The number of imide groups is 1. The molecule has 1 N–H and O–H groups in total. The number of amides is 3. The predicted octanol–water partition coefficient (Wildman–Crippen LogP) is 4.73. The van der Waals surface area contributed by atoms with E-state index in [0.29, 0.717) is 33.7 Å². The Bertz CT molecular complexity index is 1780. The van der Waals surface area contributed by atoms with Gasteiger partial charge in [0.2, 0.25) is 5.91 Å². The maximum absolute atomic E-state index is 13.4. The summed E-state index contributed by atoms with van der Waals surface area (Å²) in [5.41, 5.74) is 5.14. The lowest BCUT2D eigenvalue weighted by molar-refractivity contribution is -0.127. The predicted molar refractivity (Wildman–Crippen MR) is 153 cm³/mol. The van der Waals surface area contributed by atoms with Crippen LogP contribution in [0.3, 0.4) is 0 Å². The molecule has 0 aliphatic carbocycles. The van der Waals surface area contributed by atoms with Crippen LogP contribution in [-0.4, -0.2) is 42.8 Å². The van der Waals surface area contributed by atoms with Crippen LogP contribution in [0.25, 0.3) is 17.0 Å². The van der Waals surface area contributed by atoms with Crippen LogP contribution in [-0.2, 0) is 9.59 Å². The van der Waals surface area contributed by atoms with Crippen molar-refractivity contribution in [2.45, 2.75) is 34.6 Å². The Morgan fingerprint density at radius 2 is 1.72 bits per heavy atom. The summed E-state index contributed by atoms with van der Waals surface area (Å²) in [6.45, 7) is 8.91. The number of para-hydroxylation sites is 1. The topological polar surface area (TPSA) is 106 Å². The molecule has 4 aromatic rings. The van der Waals surface area contributed by atoms with Gasteiger partial charge in [-0.2, -0.15) is 4.68 Å². The van der Waals surface area contributed by atoms with E-state index in [4.69, 9.17) is 0 Å². The van der Waals surface area contributed by atoms with Gasteiger partial charge in [-0.25, -0.2) is 4.98 Å². The zero-order valence-corrected chi connectivity index (χ0v) is 23.0. The third-order valence-electron chi connectivity index (χ3n) is 6.67. The van der Waals surface area contributed by atoms with E-state index in [0.717, 1.165) is 33.5 Å². The maximum atomic E-state index is 13.4. The van der Waals surface area contributed by atoms with E-state index in [2.05, 4.69) is 10.3 Å². The number of anilines is 1. The molecule has 0 bridgehead atoms. The van der Waals surface area contributed by atoms with Crippen LogP contribution >= 0.6 is 11.8 Å². The van der Waals surface area contributed by atoms with E-state index in [1.54, 1.807) is 41.9 Å². The molecule has 0 unspecified atom stereocenters. The van der Waals surface area contributed by atoms with Crippen molar-refractivity contribution in [2.24, 2.45) is 0 Å². The molecule has 1 fully saturated rings.